The van der Waals surface area contributed by atoms with Gasteiger partial charge in [-0.15, -0.1) is 0 Å². The molecular formula is C27H30F2N6O2. The van der Waals surface area contributed by atoms with E-state index in [9.17, 15) is 18.8 Å². The van der Waals surface area contributed by atoms with Crippen LogP contribution in [0.3, 0.4) is 0 Å². The lowest BCUT2D eigenvalue weighted by Crippen LogP contribution is -2.42. The Kier molecular flexibility index (Phi) is 7.86. The van der Waals surface area contributed by atoms with Gasteiger partial charge in [-0.25, -0.2) is 18.3 Å². The van der Waals surface area contributed by atoms with Gasteiger partial charge in [-0.2, -0.15) is 10.4 Å². The van der Waals surface area contributed by atoms with Crippen molar-refractivity contribution in [1.29, 1.82) is 5.26 Å². The molecule has 2 aromatic carbocycles. The van der Waals surface area contributed by atoms with E-state index >= 15 is 0 Å². The molecule has 0 spiro atoms. The Morgan fingerprint density at radius 3 is 2.59 bits per heavy atom. The molecule has 2 atom stereocenters. The minimum Gasteiger partial charge on any atom is -0.383 e. The van der Waals surface area contributed by atoms with E-state index in [1.807, 2.05) is 30.3 Å². The minimum absolute atomic E-state index is 0.246. The molecule has 2 amide bonds. The van der Waals surface area contributed by atoms with Gasteiger partial charge < -0.3 is 10.1 Å². The molecule has 194 valence electrons. The number of halogens is 2. The average Bonchev–Trinajstić information content (AvgIpc) is 3.49. The molecule has 2 heterocycles. The molecule has 37 heavy (non-hydrogen) atoms. The highest BCUT2D eigenvalue weighted by atomic mass is 19.2. The molecule has 0 bridgehead atoms. The van der Waals surface area contributed by atoms with Crippen LogP contribution in [-0.4, -0.2) is 60.1 Å². The summed E-state index contributed by atoms with van der Waals surface area (Å²) in [6, 6.07) is 16.2. The summed E-state index contributed by atoms with van der Waals surface area (Å²) < 4.78 is 34.3. The van der Waals surface area contributed by atoms with E-state index in [0.29, 0.717) is 43.3 Å². The van der Waals surface area contributed by atoms with Gasteiger partial charge in [-0.05, 0) is 43.7 Å². The molecule has 3 aromatic rings. The van der Waals surface area contributed by atoms with E-state index in [2.05, 4.69) is 26.7 Å². The summed E-state index contributed by atoms with van der Waals surface area (Å²) in [7, 11) is 1.61. The largest absolute Gasteiger partial charge is 0.383 e. The van der Waals surface area contributed by atoms with Crippen molar-refractivity contribution in [3.63, 3.8) is 0 Å². The first-order valence-electron chi connectivity index (χ1n) is 12.0. The standard InChI is InChI=1S/C27H30F2N6O2/c1-27(2,17-30)24-14-25(35(33-24)19-7-5-4-6-8-19)32-26(36)31-23-16-34(11-12-37-3)15-20(23)18-9-10-21(28)22(29)13-18/h4-10,13-14,20,23H,11-12,15-16H2,1-3H3,(H2,31,32,36)/t20-,23+/m0/s1. The Labute approximate surface area is 214 Å². The van der Waals surface area contributed by atoms with Gasteiger partial charge in [0.1, 0.15) is 5.82 Å². The second-order valence-corrected chi connectivity index (χ2v) is 9.64. The lowest BCUT2D eigenvalue weighted by molar-refractivity contribution is 0.159. The molecule has 1 aromatic heterocycles. The number of hydrogen-bond acceptors (Lipinski definition) is 5. The zero-order chi connectivity index (χ0) is 26.6. The van der Waals surface area contributed by atoms with Crippen molar-refractivity contribution in [2.75, 3.05) is 38.7 Å². The van der Waals surface area contributed by atoms with Crippen molar-refractivity contribution in [2.45, 2.75) is 31.2 Å². The second kappa shape index (κ2) is 11.1. The van der Waals surface area contributed by atoms with Crippen LogP contribution in [-0.2, 0) is 10.2 Å². The fraction of sp³-hybridized carbons (Fsp3) is 0.370. The van der Waals surface area contributed by atoms with Gasteiger partial charge >= 0.3 is 6.03 Å². The molecule has 4 rings (SSSR count). The van der Waals surface area contributed by atoms with Crippen molar-refractivity contribution in [3.05, 3.63) is 77.5 Å². The Bertz CT molecular complexity index is 1290. The molecule has 8 nitrogen and oxygen atoms in total. The van der Waals surface area contributed by atoms with E-state index in [4.69, 9.17) is 4.74 Å². The van der Waals surface area contributed by atoms with E-state index in [0.717, 1.165) is 11.8 Å². The third-order valence-electron chi connectivity index (χ3n) is 6.57. The number of para-hydroxylation sites is 1. The fourth-order valence-corrected chi connectivity index (χ4v) is 4.43. The molecule has 1 aliphatic heterocycles. The molecule has 0 unspecified atom stereocenters. The van der Waals surface area contributed by atoms with Crippen LogP contribution in [0.25, 0.3) is 5.69 Å². The van der Waals surface area contributed by atoms with Gasteiger partial charge in [0.25, 0.3) is 0 Å². The molecule has 1 aliphatic rings. The van der Waals surface area contributed by atoms with Gasteiger partial charge in [0.2, 0.25) is 0 Å². The molecular weight excluding hydrogens is 478 g/mol. The summed E-state index contributed by atoms with van der Waals surface area (Å²) in [6.07, 6.45) is 0. The lowest BCUT2D eigenvalue weighted by Gasteiger charge is -2.21. The number of methoxy groups -OCH3 is 1. The first kappa shape index (κ1) is 26.3. The molecule has 0 aliphatic carbocycles. The molecule has 0 radical (unpaired) electrons. The maximum Gasteiger partial charge on any atom is 0.320 e. The highest BCUT2D eigenvalue weighted by Gasteiger charge is 2.35. The van der Waals surface area contributed by atoms with E-state index in [1.165, 1.54) is 6.07 Å². The van der Waals surface area contributed by atoms with Crippen molar-refractivity contribution in [1.82, 2.24) is 20.0 Å². The number of benzene rings is 2. The highest BCUT2D eigenvalue weighted by molar-refractivity contribution is 5.89. The summed E-state index contributed by atoms with van der Waals surface area (Å²) >= 11 is 0. The number of carbonyl (C=O) groups is 1. The third kappa shape index (κ3) is 5.96. The zero-order valence-electron chi connectivity index (χ0n) is 21.0. The normalized spacial score (nSPS) is 17.9. The van der Waals surface area contributed by atoms with Crippen LogP contribution in [0.2, 0.25) is 0 Å². The quantitative estimate of drug-likeness (QED) is 0.476. The monoisotopic (exact) mass is 508 g/mol. The SMILES string of the molecule is COCCN1C[C@@H](NC(=O)Nc2cc(C(C)(C)C#N)nn2-c2ccccc2)[C@H](c2ccc(F)c(F)c2)C1. The van der Waals surface area contributed by atoms with Crippen molar-refractivity contribution >= 4 is 11.8 Å². The topological polar surface area (TPSA) is 95.2 Å². The molecule has 2 N–H and O–H groups in total. The smallest absolute Gasteiger partial charge is 0.320 e. The number of urea groups is 1. The molecule has 0 saturated carbocycles. The van der Waals surface area contributed by atoms with Crippen molar-refractivity contribution < 1.29 is 18.3 Å². The summed E-state index contributed by atoms with van der Waals surface area (Å²) in [5, 5.41) is 20.0. The number of carbonyl (C=O) groups excluding carboxylic acids is 1. The number of nitrogens with zero attached hydrogens (tertiary/aromatic N) is 4. The van der Waals surface area contributed by atoms with Gasteiger partial charge in [0, 0.05) is 38.7 Å². The third-order valence-corrected chi connectivity index (χ3v) is 6.57. The number of anilines is 1. The van der Waals surface area contributed by atoms with Crippen LogP contribution in [0.1, 0.15) is 31.0 Å². The summed E-state index contributed by atoms with van der Waals surface area (Å²) in [5.41, 5.74) is 0.985. The van der Waals surface area contributed by atoms with E-state index in [-0.39, 0.29) is 12.0 Å². The first-order valence-corrected chi connectivity index (χ1v) is 12.0. The van der Waals surface area contributed by atoms with Gasteiger partial charge in [-0.1, -0.05) is 24.3 Å². The van der Waals surface area contributed by atoms with Crippen LogP contribution in [0.4, 0.5) is 19.4 Å². The Morgan fingerprint density at radius 2 is 1.92 bits per heavy atom. The maximum atomic E-state index is 14.0. The predicted molar refractivity (Wildman–Crippen MR) is 136 cm³/mol. The van der Waals surface area contributed by atoms with E-state index < -0.39 is 23.1 Å². The first-order chi connectivity index (χ1) is 17.7. The van der Waals surface area contributed by atoms with Gasteiger partial charge in [0.05, 0.1) is 35.5 Å². The Morgan fingerprint density at radius 1 is 1.16 bits per heavy atom. The summed E-state index contributed by atoms with van der Waals surface area (Å²) in [5.74, 6) is -1.67. The highest BCUT2D eigenvalue weighted by Crippen LogP contribution is 2.30. The molecule has 1 saturated heterocycles. The number of nitrogens with one attached hydrogen (secondary N) is 2. The van der Waals surface area contributed by atoms with Gasteiger partial charge in [0.15, 0.2) is 11.6 Å². The van der Waals surface area contributed by atoms with Crippen LogP contribution >= 0.6 is 0 Å². The maximum absolute atomic E-state index is 14.0. The molecule has 10 heteroatoms. The second-order valence-electron chi connectivity index (χ2n) is 9.64. The lowest BCUT2D eigenvalue weighted by atomic mass is 9.92. The Balaban J connectivity index is 1.57. The summed E-state index contributed by atoms with van der Waals surface area (Å²) in [4.78, 5) is 15.3. The number of nitriles is 1. The summed E-state index contributed by atoms with van der Waals surface area (Å²) in [6.45, 7) is 5.75. The number of ether oxygens (including phenoxy) is 1. The number of likely N-dealkylation sites (tertiary alicyclic amines) is 1. The van der Waals surface area contributed by atoms with Crippen molar-refractivity contribution in [3.8, 4) is 11.8 Å². The zero-order valence-corrected chi connectivity index (χ0v) is 21.0. The number of rotatable bonds is 8. The number of amides is 2. The van der Waals surface area contributed by atoms with E-state index in [1.54, 1.807) is 37.8 Å². The minimum atomic E-state index is -0.921. The number of aromatic nitrogens is 2. The van der Waals surface area contributed by atoms with Crippen LogP contribution < -0.4 is 10.6 Å². The fourth-order valence-electron chi connectivity index (χ4n) is 4.43. The van der Waals surface area contributed by atoms with Gasteiger partial charge in [-0.3, -0.25) is 10.2 Å². The molecule has 1 fully saturated rings. The van der Waals surface area contributed by atoms with Crippen molar-refractivity contribution in [2.24, 2.45) is 0 Å². The predicted octanol–water partition coefficient (Wildman–Crippen LogP) is 4.19. The Hall–Kier alpha value is -3.81. The number of hydrogen-bond donors (Lipinski definition) is 2. The van der Waals surface area contributed by atoms with Crippen LogP contribution in [0.5, 0.6) is 0 Å². The average molecular weight is 509 g/mol. The van der Waals surface area contributed by atoms with Crippen LogP contribution in [0.15, 0.2) is 54.6 Å². The van der Waals surface area contributed by atoms with Crippen LogP contribution in [0, 0.1) is 23.0 Å².